The summed E-state index contributed by atoms with van der Waals surface area (Å²) >= 11 is 0. The molecule has 72 valence electrons. The van der Waals surface area contributed by atoms with Gasteiger partial charge in [0.15, 0.2) is 0 Å². The van der Waals surface area contributed by atoms with Crippen molar-refractivity contribution in [3.05, 3.63) is 53.5 Å². The smallest absolute Gasteiger partial charge is 0.00732 e. The predicted molar refractivity (Wildman–Crippen MR) is 59.6 cm³/mol. The van der Waals surface area contributed by atoms with Crippen LogP contribution in [-0.2, 0) is 0 Å². The minimum Gasteiger partial charge on any atom is -0.229 e. The first-order valence-corrected chi connectivity index (χ1v) is 5.47. The Kier molecular flexibility index (Phi) is 1.70. The molecule has 0 radical (unpaired) electrons. The maximum Gasteiger partial charge on any atom is 0.00732 e. The molecule has 0 aromatic heterocycles. The molecule has 0 nitrogen and oxygen atoms in total. The molecule has 14 heavy (non-hydrogen) atoms. The second-order valence-electron chi connectivity index (χ2n) is 4.33. The number of hydrogen-bond acceptors (Lipinski definition) is 0. The van der Waals surface area contributed by atoms with E-state index in [9.17, 15) is 0 Å². The van der Waals surface area contributed by atoms with E-state index >= 15 is 0 Å². The van der Waals surface area contributed by atoms with Crippen LogP contribution in [0.15, 0.2) is 47.1 Å². The average Bonchev–Trinajstić information content (AvgIpc) is 2.65. The van der Waals surface area contributed by atoms with E-state index in [2.05, 4.69) is 43.7 Å². The topological polar surface area (TPSA) is 0 Å². The van der Waals surface area contributed by atoms with Crippen molar-refractivity contribution in [3.63, 3.8) is 0 Å². The van der Waals surface area contributed by atoms with Gasteiger partial charge in [0.1, 0.15) is 0 Å². The van der Waals surface area contributed by atoms with Gasteiger partial charge in [-0.1, -0.05) is 29.4 Å². The quantitative estimate of drug-likeness (QED) is 0.545. The number of hydrogen-bond donors (Lipinski definition) is 0. The molecule has 0 heteroatoms. The molecule has 3 rings (SSSR count). The summed E-state index contributed by atoms with van der Waals surface area (Å²) in [4.78, 5) is 0. The van der Waals surface area contributed by atoms with E-state index in [0.717, 1.165) is 5.92 Å². The van der Waals surface area contributed by atoms with Gasteiger partial charge in [0.2, 0.25) is 0 Å². The third-order valence-corrected chi connectivity index (χ3v) is 3.70. The molecule has 1 saturated carbocycles. The first kappa shape index (κ1) is 8.16. The van der Waals surface area contributed by atoms with Crippen LogP contribution in [0.5, 0.6) is 0 Å². The molecule has 3 aliphatic rings. The summed E-state index contributed by atoms with van der Waals surface area (Å²) in [6, 6.07) is 0. The van der Waals surface area contributed by atoms with Gasteiger partial charge in [-0.15, -0.1) is 13.0 Å². The molecule has 1 fully saturated rings. The summed E-state index contributed by atoms with van der Waals surface area (Å²) in [7, 11) is 0. The zero-order chi connectivity index (χ0) is 9.54. The van der Waals surface area contributed by atoms with Crippen molar-refractivity contribution in [1.82, 2.24) is 0 Å². The first-order chi connectivity index (χ1) is 6.90. The molecule has 0 aromatic carbocycles. The Balaban J connectivity index is 2.08. The van der Waals surface area contributed by atoms with Crippen molar-refractivity contribution in [1.29, 1.82) is 0 Å². The normalized spacial score (nSPS) is 33.1. The minimum absolute atomic E-state index is 0.641. The Labute approximate surface area is 85.7 Å². The summed E-state index contributed by atoms with van der Waals surface area (Å²) in [5.74, 6) is 1.36. The van der Waals surface area contributed by atoms with Gasteiger partial charge >= 0.3 is 0 Å². The molecule has 2 atom stereocenters. The van der Waals surface area contributed by atoms with E-state index in [0.29, 0.717) is 5.92 Å². The van der Waals surface area contributed by atoms with Gasteiger partial charge in [-0.3, -0.25) is 0 Å². The van der Waals surface area contributed by atoms with E-state index in [4.69, 9.17) is 0 Å². The Hall–Kier alpha value is -1.17. The molecule has 0 heterocycles. The molecule has 0 N–H and O–H groups in total. The van der Waals surface area contributed by atoms with E-state index in [-0.39, 0.29) is 0 Å². The Morgan fingerprint density at radius 1 is 1.14 bits per heavy atom. The van der Waals surface area contributed by atoms with Crippen molar-refractivity contribution in [2.75, 3.05) is 0 Å². The second kappa shape index (κ2) is 2.91. The molecular formula is C14H15-. The van der Waals surface area contributed by atoms with E-state index in [1.165, 1.54) is 18.4 Å². The fourth-order valence-corrected chi connectivity index (χ4v) is 2.99. The van der Waals surface area contributed by atoms with E-state index in [1.807, 2.05) is 0 Å². The van der Waals surface area contributed by atoms with Crippen molar-refractivity contribution in [3.8, 4) is 0 Å². The van der Waals surface area contributed by atoms with Crippen LogP contribution in [0.4, 0.5) is 0 Å². The summed E-state index contributed by atoms with van der Waals surface area (Å²) in [5, 5.41) is 0. The Morgan fingerprint density at radius 3 is 2.71 bits per heavy atom. The van der Waals surface area contributed by atoms with E-state index < -0.39 is 0 Å². The SMILES string of the molecule is C[CH-]C1=CC=C2CCC3=CC=CC1C32. The fraction of sp³-hybridized carbons (Fsp3) is 0.357. The van der Waals surface area contributed by atoms with Crippen LogP contribution in [0.25, 0.3) is 0 Å². The predicted octanol–water partition coefficient (Wildman–Crippen LogP) is 3.60. The van der Waals surface area contributed by atoms with Gasteiger partial charge in [0, 0.05) is 5.92 Å². The van der Waals surface area contributed by atoms with Crippen molar-refractivity contribution in [2.45, 2.75) is 19.8 Å². The minimum atomic E-state index is 0.641. The number of allylic oxidation sites excluding steroid dienone is 8. The van der Waals surface area contributed by atoms with Gasteiger partial charge in [0.25, 0.3) is 0 Å². The molecular weight excluding hydrogens is 168 g/mol. The van der Waals surface area contributed by atoms with Crippen molar-refractivity contribution < 1.29 is 0 Å². The van der Waals surface area contributed by atoms with Crippen LogP contribution in [0, 0.1) is 18.3 Å². The van der Waals surface area contributed by atoms with Gasteiger partial charge in [-0.05, 0) is 18.8 Å². The number of rotatable bonds is 1. The van der Waals surface area contributed by atoms with Crippen molar-refractivity contribution in [2.24, 2.45) is 11.8 Å². The molecule has 2 unspecified atom stereocenters. The fourth-order valence-electron chi connectivity index (χ4n) is 2.99. The highest BCUT2D eigenvalue weighted by Crippen LogP contribution is 2.48. The largest absolute Gasteiger partial charge is 0.229 e. The lowest BCUT2D eigenvalue weighted by molar-refractivity contribution is 0.589. The highest BCUT2D eigenvalue weighted by molar-refractivity contribution is 5.47. The molecule has 0 amide bonds. The van der Waals surface area contributed by atoms with Crippen LogP contribution in [-0.4, -0.2) is 0 Å². The molecule has 0 aliphatic heterocycles. The van der Waals surface area contributed by atoms with Crippen LogP contribution >= 0.6 is 0 Å². The maximum absolute atomic E-state index is 2.36. The van der Waals surface area contributed by atoms with Gasteiger partial charge in [0.05, 0.1) is 0 Å². The van der Waals surface area contributed by atoms with Gasteiger partial charge in [-0.2, -0.15) is 0 Å². The Bertz CT molecular complexity index is 371. The van der Waals surface area contributed by atoms with E-state index in [1.54, 1.807) is 11.1 Å². The standard InChI is InChI=1S/C14H15/c1-2-10-6-7-12-9-8-11-4-3-5-13(10)14(11)12/h2-7,13-14H,8-9H2,1H3/q-1. The molecule has 0 saturated heterocycles. The van der Waals surface area contributed by atoms with Crippen LogP contribution in [0.2, 0.25) is 0 Å². The second-order valence-corrected chi connectivity index (χ2v) is 4.33. The summed E-state index contributed by atoms with van der Waals surface area (Å²) in [6.45, 7) is 2.14. The van der Waals surface area contributed by atoms with Crippen LogP contribution in [0.1, 0.15) is 19.8 Å². The molecule has 3 aliphatic carbocycles. The third-order valence-electron chi connectivity index (χ3n) is 3.70. The van der Waals surface area contributed by atoms with Crippen LogP contribution in [0.3, 0.4) is 0 Å². The van der Waals surface area contributed by atoms with Crippen molar-refractivity contribution >= 4 is 0 Å². The molecule has 0 bridgehead atoms. The zero-order valence-electron chi connectivity index (χ0n) is 8.53. The lowest BCUT2D eigenvalue weighted by Gasteiger charge is -2.35. The zero-order valence-corrected chi connectivity index (χ0v) is 8.53. The molecule has 0 spiro atoms. The Morgan fingerprint density at radius 2 is 1.93 bits per heavy atom. The first-order valence-electron chi connectivity index (χ1n) is 5.47. The van der Waals surface area contributed by atoms with Gasteiger partial charge in [-0.25, -0.2) is 18.1 Å². The lowest BCUT2D eigenvalue weighted by Crippen LogP contribution is -2.19. The highest BCUT2D eigenvalue weighted by Gasteiger charge is 2.33. The van der Waals surface area contributed by atoms with Gasteiger partial charge < -0.3 is 0 Å². The van der Waals surface area contributed by atoms with Crippen LogP contribution < -0.4 is 0 Å². The summed E-state index contributed by atoms with van der Waals surface area (Å²) in [6.07, 6.45) is 16.4. The monoisotopic (exact) mass is 183 g/mol. The summed E-state index contributed by atoms with van der Waals surface area (Å²) < 4.78 is 0. The molecule has 0 aromatic rings. The third kappa shape index (κ3) is 0.971. The maximum atomic E-state index is 2.36. The average molecular weight is 183 g/mol. The summed E-state index contributed by atoms with van der Waals surface area (Å²) in [5.41, 5.74) is 4.79. The lowest BCUT2D eigenvalue weighted by atomic mass is 9.74. The highest BCUT2D eigenvalue weighted by atomic mass is 14.4.